The highest BCUT2D eigenvalue weighted by Gasteiger charge is 2.40. The second kappa shape index (κ2) is 10.0. The van der Waals surface area contributed by atoms with Crippen LogP contribution in [0.25, 0.3) is 0 Å². The van der Waals surface area contributed by atoms with Gasteiger partial charge in [-0.15, -0.1) is 0 Å². The van der Waals surface area contributed by atoms with Crippen molar-refractivity contribution in [2.75, 3.05) is 6.67 Å². The van der Waals surface area contributed by atoms with Gasteiger partial charge < -0.3 is 10.8 Å². The maximum atomic E-state index is 13.0. The van der Waals surface area contributed by atoms with E-state index in [1.54, 1.807) is 6.92 Å². The average Bonchev–Trinajstić information content (AvgIpc) is 2.72. The summed E-state index contributed by atoms with van der Waals surface area (Å²) in [5, 5.41) is 13.2. The number of aliphatic carboxylic acids is 1. The Balaban J connectivity index is 2.46. The number of carbonyl (C=O) groups is 3. The van der Waals surface area contributed by atoms with Gasteiger partial charge in [0.15, 0.2) is 11.6 Å². The van der Waals surface area contributed by atoms with E-state index >= 15 is 0 Å². The molecule has 0 spiro atoms. The van der Waals surface area contributed by atoms with Gasteiger partial charge in [-0.05, 0) is 30.5 Å². The fourth-order valence-corrected chi connectivity index (χ4v) is 3.35. The summed E-state index contributed by atoms with van der Waals surface area (Å²) in [6.45, 7) is 2.15. The van der Waals surface area contributed by atoms with Crippen LogP contribution in [-0.4, -0.2) is 45.1 Å². The summed E-state index contributed by atoms with van der Waals surface area (Å²) < 4.78 is 14.2. The Hall–Kier alpha value is -3.20. The van der Waals surface area contributed by atoms with Crippen molar-refractivity contribution in [3.05, 3.63) is 63.6 Å². The Kier molecular flexibility index (Phi) is 7.71. The van der Waals surface area contributed by atoms with Crippen molar-refractivity contribution >= 4 is 17.5 Å². The van der Waals surface area contributed by atoms with E-state index in [0.717, 1.165) is 11.1 Å². The molecule has 3 N–H and O–H groups in total. The van der Waals surface area contributed by atoms with Crippen molar-refractivity contribution in [1.29, 1.82) is 0 Å². The molecule has 0 aliphatic carbocycles. The van der Waals surface area contributed by atoms with Gasteiger partial charge in [-0.3, -0.25) is 19.2 Å². The summed E-state index contributed by atoms with van der Waals surface area (Å²) in [5.41, 5.74) is 6.82. The highest BCUT2D eigenvalue weighted by atomic mass is 19.1. The van der Waals surface area contributed by atoms with Crippen LogP contribution < -0.4 is 11.3 Å². The quantitative estimate of drug-likeness (QED) is 0.556. The predicted molar refractivity (Wildman–Crippen MR) is 107 cm³/mol. The number of nitrogens with two attached hydrogens (primary N) is 1. The number of nitrogens with zero attached hydrogens (tertiary/aromatic N) is 2. The van der Waals surface area contributed by atoms with E-state index in [9.17, 15) is 23.6 Å². The number of alkyl halides is 1. The molecule has 0 saturated carbocycles. The standard InChI is InChI=1S/C21H24FN3O5/c1-3-14(19(27)17(16(26)10-22)18(23)21(29)30)15-8-9-24-25(20(15)28)11-13-7-5-4-6-12(13)2/h4-9,14,17-18H,3,10-11,23H2,1-2H3,(H,29,30). The summed E-state index contributed by atoms with van der Waals surface area (Å²) in [7, 11) is 0. The SMILES string of the molecule is CCC(C(=O)C(C(=O)CF)C(N)C(=O)O)c1ccnn(Cc2ccccc2C)c1=O. The number of hydrogen-bond acceptors (Lipinski definition) is 6. The zero-order chi connectivity index (χ0) is 22.4. The van der Waals surface area contributed by atoms with E-state index in [2.05, 4.69) is 5.10 Å². The van der Waals surface area contributed by atoms with E-state index in [1.165, 1.54) is 16.9 Å². The van der Waals surface area contributed by atoms with Gasteiger partial charge >= 0.3 is 5.97 Å². The van der Waals surface area contributed by atoms with Gasteiger partial charge in [0.2, 0.25) is 0 Å². The molecule has 1 aromatic carbocycles. The van der Waals surface area contributed by atoms with Crippen LogP contribution in [0, 0.1) is 12.8 Å². The van der Waals surface area contributed by atoms with Gasteiger partial charge in [0, 0.05) is 17.7 Å². The number of aromatic nitrogens is 2. The van der Waals surface area contributed by atoms with Crippen molar-refractivity contribution in [2.24, 2.45) is 11.7 Å². The summed E-state index contributed by atoms with van der Waals surface area (Å²) in [6.07, 6.45) is 1.46. The number of Topliss-reactive ketones (excluding diaryl/α,β-unsaturated/α-hetero) is 2. The van der Waals surface area contributed by atoms with Crippen molar-refractivity contribution in [1.82, 2.24) is 9.78 Å². The molecule has 0 aliphatic rings. The van der Waals surface area contributed by atoms with Crippen LogP contribution >= 0.6 is 0 Å². The maximum absolute atomic E-state index is 13.0. The lowest BCUT2D eigenvalue weighted by molar-refractivity contribution is -0.147. The minimum atomic E-state index is -1.90. The van der Waals surface area contributed by atoms with Crippen LogP contribution in [0.2, 0.25) is 0 Å². The Morgan fingerprint density at radius 2 is 1.90 bits per heavy atom. The van der Waals surface area contributed by atoms with Gasteiger partial charge in [-0.1, -0.05) is 31.2 Å². The number of carbonyl (C=O) groups excluding carboxylic acids is 2. The second-order valence-corrected chi connectivity index (χ2v) is 6.98. The molecule has 160 valence electrons. The molecule has 2 aromatic rings. The topological polar surface area (TPSA) is 132 Å². The highest BCUT2D eigenvalue weighted by molar-refractivity contribution is 6.09. The lowest BCUT2D eigenvalue weighted by atomic mass is 9.81. The lowest BCUT2D eigenvalue weighted by Crippen LogP contribution is -2.48. The normalized spacial score (nSPS) is 14.0. The van der Waals surface area contributed by atoms with E-state index in [4.69, 9.17) is 10.8 Å². The molecule has 0 aliphatic heterocycles. The molecule has 2 rings (SSSR count). The van der Waals surface area contributed by atoms with Crippen molar-refractivity contribution < 1.29 is 23.9 Å². The Morgan fingerprint density at radius 1 is 1.23 bits per heavy atom. The van der Waals surface area contributed by atoms with Gasteiger partial charge in [0.25, 0.3) is 5.56 Å². The number of halogens is 1. The Labute approximate surface area is 172 Å². The van der Waals surface area contributed by atoms with Crippen LogP contribution in [0.3, 0.4) is 0 Å². The first-order valence-electron chi connectivity index (χ1n) is 9.44. The third-order valence-corrected chi connectivity index (χ3v) is 5.08. The van der Waals surface area contributed by atoms with Crippen LogP contribution in [0.15, 0.2) is 41.3 Å². The van der Waals surface area contributed by atoms with Gasteiger partial charge in [0.05, 0.1) is 6.54 Å². The van der Waals surface area contributed by atoms with E-state index in [1.807, 2.05) is 31.2 Å². The molecule has 1 aromatic heterocycles. The molecule has 0 radical (unpaired) electrons. The molecule has 30 heavy (non-hydrogen) atoms. The number of carboxylic acids is 1. The molecular formula is C21H24FN3O5. The first-order valence-corrected chi connectivity index (χ1v) is 9.44. The maximum Gasteiger partial charge on any atom is 0.321 e. The van der Waals surface area contributed by atoms with E-state index in [-0.39, 0.29) is 18.5 Å². The van der Waals surface area contributed by atoms with Crippen molar-refractivity contribution in [2.45, 2.75) is 38.8 Å². The minimum Gasteiger partial charge on any atom is -0.480 e. The first-order chi connectivity index (χ1) is 14.2. The third-order valence-electron chi connectivity index (χ3n) is 5.08. The highest BCUT2D eigenvalue weighted by Crippen LogP contribution is 2.24. The monoisotopic (exact) mass is 417 g/mol. The van der Waals surface area contributed by atoms with Crippen LogP contribution in [0.4, 0.5) is 4.39 Å². The smallest absolute Gasteiger partial charge is 0.321 e. The van der Waals surface area contributed by atoms with E-state index < -0.39 is 47.6 Å². The number of hydrogen-bond donors (Lipinski definition) is 2. The van der Waals surface area contributed by atoms with Crippen LogP contribution in [0.1, 0.15) is 36.0 Å². The molecule has 1 heterocycles. The third kappa shape index (κ3) is 4.85. The number of carboxylic acid groups (broad SMARTS) is 1. The predicted octanol–water partition coefficient (Wildman–Crippen LogP) is 1.23. The molecule has 0 fully saturated rings. The van der Waals surface area contributed by atoms with Crippen LogP contribution in [-0.2, 0) is 20.9 Å². The Morgan fingerprint density at radius 3 is 2.47 bits per heavy atom. The number of rotatable bonds is 10. The fourth-order valence-electron chi connectivity index (χ4n) is 3.35. The van der Waals surface area contributed by atoms with E-state index in [0.29, 0.717) is 0 Å². The zero-order valence-electron chi connectivity index (χ0n) is 16.7. The second-order valence-electron chi connectivity index (χ2n) is 6.98. The summed E-state index contributed by atoms with van der Waals surface area (Å²) in [4.78, 5) is 49.2. The minimum absolute atomic E-state index is 0.0559. The average molecular weight is 417 g/mol. The summed E-state index contributed by atoms with van der Waals surface area (Å²) >= 11 is 0. The lowest BCUT2D eigenvalue weighted by Gasteiger charge is -2.23. The fraction of sp³-hybridized carbons (Fsp3) is 0.381. The number of ketones is 2. The van der Waals surface area contributed by atoms with Gasteiger partial charge in [-0.25, -0.2) is 9.07 Å². The largest absolute Gasteiger partial charge is 0.480 e. The molecule has 0 amide bonds. The number of aryl methyl sites for hydroxylation is 1. The summed E-state index contributed by atoms with van der Waals surface area (Å²) in [5.74, 6) is -6.70. The van der Waals surface area contributed by atoms with Crippen LogP contribution in [0.5, 0.6) is 0 Å². The molecule has 0 bridgehead atoms. The summed E-state index contributed by atoms with van der Waals surface area (Å²) in [6, 6.07) is 6.89. The molecular weight excluding hydrogens is 393 g/mol. The van der Waals surface area contributed by atoms with Gasteiger partial charge in [-0.2, -0.15) is 5.10 Å². The molecule has 9 heteroatoms. The Bertz CT molecular complexity index is 1000. The van der Waals surface area contributed by atoms with Gasteiger partial charge in [0.1, 0.15) is 18.6 Å². The molecule has 8 nitrogen and oxygen atoms in total. The molecule has 3 atom stereocenters. The molecule has 0 saturated heterocycles. The zero-order valence-corrected chi connectivity index (χ0v) is 16.7. The number of benzene rings is 1. The molecule has 3 unspecified atom stereocenters. The first kappa shape index (κ1) is 23.1. The van der Waals surface area contributed by atoms with Crippen molar-refractivity contribution in [3.8, 4) is 0 Å². The van der Waals surface area contributed by atoms with Crippen molar-refractivity contribution in [3.63, 3.8) is 0 Å².